The van der Waals surface area contributed by atoms with E-state index in [0.717, 1.165) is 0 Å². The van der Waals surface area contributed by atoms with Gasteiger partial charge in [-0.15, -0.1) is 0 Å². The molecule has 0 rings (SSSR count). The molecule has 2 nitrogen and oxygen atoms in total. The van der Waals surface area contributed by atoms with Crippen molar-refractivity contribution in [2.45, 2.75) is 6.92 Å². The second kappa shape index (κ2) is 4.63. The summed E-state index contributed by atoms with van der Waals surface area (Å²) in [7, 11) is 0. The molecule has 0 aromatic rings. The molecule has 0 fully saturated rings. The predicted octanol–water partition coefficient (Wildman–Crippen LogP) is 0.384. The maximum absolute atomic E-state index is 9.42. The third-order valence-corrected chi connectivity index (χ3v) is 0.331. The molecule has 1 radical (unpaired) electrons. The molecule has 0 unspecified atom stereocenters. The Kier molecular flexibility index (Phi) is 4.34. The number of hydrogen-bond donors (Lipinski definition) is 0. The maximum atomic E-state index is 9.42. The predicted molar refractivity (Wildman–Crippen MR) is 22.0 cm³/mol. The van der Waals surface area contributed by atoms with Crippen LogP contribution >= 0.6 is 0 Å². The van der Waals surface area contributed by atoms with E-state index < -0.39 is 0 Å². The van der Waals surface area contributed by atoms with Crippen LogP contribution in [0, 0.1) is 6.61 Å². The van der Waals surface area contributed by atoms with Crippen LogP contribution in [0.15, 0.2) is 0 Å². The van der Waals surface area contributed by atoms with Crippen LogP contribution in [0.1, 0.15) is 6.92 Å². The molecule has 0 aliphatic rings. The zero-order valence-corrected chi connectivity index (χ0v) is 3.68. The molecule has 0 bridgehead atoms. The minimum absolute atomic E-state index is 0.177. The average molecular weight is 87.1 g/mol. The monoisotopic (exact) mass is 87.0 g/mol. The minimum atomic E-state index is 0.177. The lowest BCUT2D eigenvalue weighted by Crippen LogP contribution is -1.87. The van der Waals surface area contributed by atoms with Gasteiger partial charge in [0.05, 0.1) is 6.61 Å². The van der Waals surface area contributed by atoms with Crippen LogP contribution in [0.3, 0.4) is 0 Å². The van der Waals surface area contributed by atoms with Crippen LogP contribution < -0.4 is 0 Å². The quantitative estimate of drug-likeness (QED) is 0.367. The summed E-state index contributed by atoms with van der Waals surface area (Å²) in [4.78, 5) is 9.42. The summed E-state index contributed by atoms with van der Waals surface area (Å²) in [6.07, 6.45) is 0.708. The molecule has 0 heterocycles. The van der Waals surface area contributed by atoms with Gasteiger partial charge in [-0.1, -0.05) is 0 Å². The zero-order chi connectivity index (χ0) is 4.83. The van der Waals surface area contributed by atoms with E-state index in [9.17, 15) is 4.79 Å². The molecule has 35 valence electrons. The second-order valence-electron chi connectivity index (χ2n) is 0.736. The van der Waals surface area contributed by atoms with Crippen LogP contribution in [0.4, 0.5) is 0 Å². The third kappa shape index (κ3) is 3.63. The van der Waals surface area contributed by atoms with Gasteiger partial charge in [-0.2, -0.15) is 0 Å². The van der Waals surface area contributed by atoms with Gasteiger partial charge in [0.25, 0.3) is 0 Å². The SMILES string of the molecule is C[CH]OCC=O. The molecule has 0 aliphatic heterocycles. The largest absolute Gasteiger partial charge is 0.368 e. The molecular formula is C4H7O2. The van der Waals surface area contributed by atoms with Gasteiger partial charge in [-0.3, -0.25) is 0 Å². The highest BCUT2D eigenvalue weighted by atomic mass is 16.5. The Balaban J connectivity index is 2.49. The van der Waals surface area contributed by atoms with Crippen molar-refractivity contribution in [1.29, 1.82) is 0 Å². The van der Waals surface area contributed by atoms with Crippen LogP contribution in [-0.4, -0.2) is 12.9 Å². The number of rotatable bonds is 3. The third-order valence-electron chi connectivity index (χ3n) is 0.331. The van der Waals surface area contributed by atoms with E-state index in [4.69, 9.17) is 0 Å². The molecule has 0 atom stereocenters. The summed E-state index contributed by atoms with van der Waals surface area (Å²) in [6, 6.07) is 0. The number of carbonyl (C=O) groups excluding carboxylic acids is 1. The van der Waals surface area contributed by atoms with E-state index >= 15 is 0 Å². The van der Waals surface area contributed by atoms with Gasteiger partial charge in [0.15, 0.2) is 0 Å². The number of hydrogen-bond acceptors (Lipinski definition) is 2. The van der Waals surface area contributed by atoms with E-state index in [1.807, 2.05) is 0 Å². The van der Waals surface area contributed by atoms with Crippen molar-refractivity contribution in [2.75, 3.05) is 6.61 Å². The van der Waals surface area contributed by atoms with Crippen molar-refractivity contribution in [2.24, 2.45) is 0 Å². The number of carbonyl (C=O) groups is 1. The summed E-state index contributed by atoms with van der Waals surface area (Å²) >= 11 is 0. The van der Waals surface area contributed by atoms with Crippen LogP contribution in [0.2, 0.25) is 0 Å². The fourth-order valence-corrected chi connectivity index (χ4v) is 0.136. The highest BCUT2D eigenvalue weighted by Crippen LogP contribution is 1.71. The average Bonchev–Trinajstić information content (AvgIpc) is 1.61. The molecule has 0 amide bonds. The molecule has 0 aliphatic carbocycles. The lowest BCUT2D eigenvalue weighted by atomic mass is 10.8. The Labute approximate surface area is 37.1 Å². The van der Waals surface area contributed by atoms with Crippen molar-refractivity contribution in [3.8, 4) is 0 Å². The van der Waals surface area contributed by atoms with E-state index in [2.05, 4.69) is 4.74 Å². The molecule has 0 aromatic carbocycles. The first kappa shape index (κ1) is 5.63. The summed E-state index contributed by atoms with van der Waals surface area (Å²) < 4.78 is 4.49. The minimum Gasteiger partial charge on any atom is -0.368 e. The van der Waals surface area contributed by atoms with E-state index in [-0.39, 0.29) is 6.61 Å². The lowest BCUT2D eigenvalue weighted by molar-refractivity contribution is -0.110. The summed E-state index contributed by atoms with van der Waals surface area (Å²) in [6.45, 7) is 3.38. The molecule has 0 saturated heterocycles. The van der Waals surface area contributed by atoms with E-state index in [1.165, 1.54) is 6.61 Å². The first-order chi connectivity index (χ1) is 2.91. The van der Waals surface area contributed by atoms with Gasteiger partial charge in [0.1, 0.15) is 12.9 Å². The Morgan fingerprint density at radius 1 is 1.83 bits per heavy atom. The van der Waals surface area contributed by atoms with Crippen molar-refractivity contribution in [3.05, 3.63) is 6.61 Å². The highest BCUT2D eigenvalue weighted by molar-refractivity contribution is 5.50. The smallest absolute Gasteiger partial charge is 0.145 e. The Morgan fingerprint density at radius 2 is 2.50 bits per heavy atom. The van der Waals surface area contributed by atoms with Crippen molar-refractivity contribution >= 4 is 6.29 Å². The highest BCUT2D eigenvalue weighted by Gasteiger charge is 1.72. The van der Waals surface area contributed by atoms with Gasteiger partial charge in [0.2, 0.25) is 0 Å². The van der Waals surface area contributed by atoms with Crippen molar-refractivity contribution < 1.29 is 9.53 Å². The topological polar surface area (TPSA) is 26.3 Å². The number of aldehydes is 1. The van der Waals surface area contributed by atoms with Gasteiger partial charge in [-0.05, 0) is 6.92 Å². The van der Waals surface area contributed by atoms with E-state index in [0.29, 0.717) is 6.29 Å². The van der Waals surface area contributed by atoms with Crippen LogP contribution in [-0.2, 0) is 9.53 Å². The van der Waals surface area contributed by atoms with Crippen molar-refractivity contribution in [1.82, 2.24) is 0 Å². The summed E-state index contributed by atoms with van der Waals surface area (Å²) in [5, 5.41) is 0. The first-order valence-corrected chi connectivity index (χ1v) is 1.75. The normalized spacial score (nSPS) is 8.17. The Hall–Kier alpha value is -0.370. The number of ether oxygens (including phenoxy) is 1. The van der Waals surface area contributed by atoms with Gasteiger partial charge >= 0.3 is 0 Å². The van der Waals surface area contributed by atoms with Gasteiger partial charge in [-0.25, -0.2) is 0 Å². The van der Waals surface area contributed by atoms with Crippen molar-refractivity contribution in [3.63, 3.8) is 0 Å². The van der Waals surface area contributed by atoms with Gasteiger partial charge < -0.3 is 9.53 Å². The van der Waals surface area contributed by atoms with Crippen LogP contribution in [0.25, 0.3) is 0 Å². The Morgan fingerprint density at radius 3 is 2.67 bits per heavy atom. The summed E-state index contributed by atoms with van der Waals surface area (Å²) in [5.74, 6) is 0. The van der Waals surface area contributed by atoms with E-state index in [1.54, 1.807) is 6.92 Å². The fourth-order valence-electron chi connectivity index (χ4n) is 0.136. The molecule has 0 saturated carbocycles. The zero-order valence-electron chi connectivity index (χ0n) is 3.68. The summed E-state index contributed by atoms with van der Waals surface area (Å²) in [5.41, 5.74) is 0. The Bertz CT molecular complexity index is 34.5. The van der Waals surface area contributed by atoms with Crippen LogP contribution in [0.5, 0.6) is 0 Å². The van der Waals surface area contributed by atoms with Gasteiger partial charge in [0, 0.05) is 0 Å². The molecule has 0 aromatic heterocycles. The molecule has 0 N–H and O–H groups in total. The standard InChI is InChI=1S/C4H7O2/c1-2-6-4-3-5/h2-3H,4H2,1H3. The molecule has 6 heavy (non-hydrogen) atoms. The molecule has 0 spiro atoms. The molecular weight excluding hydrogens is 80.0 g/mol. The lowest BCUT2D eigenvalue weighted by Gasteiger charge is -1.84. The second-order valence-corrected chi connectivity index (χ2v) is 0.736. The molecule has 2 heteroatoms. The fraction of sp³-hybridized carbons (Fsp3) is 0.500. The first-order valence-electron chi connectivity index (χ1n) is 1.75. The maximum Gasteiger partial charge on any atom is 0.145 e.